The zero-order valence-corrected chi connectivity index (χ0v) is 19.1. The standard InChI is InChI=1S/C24H23N3O6S/c28-24(33-18-19-9-11-22(12-10-19)27(29)30)20-5-4-8-23(17-20)34(31,32)26-15-13-25(14-16-26)21-6-2-1-3-7-21/h1-12,17H,13-16,18H2. The van der Waals surface area contributed by atoms with Crippen molar-refractivity contribution in [2.75, 3.05) is 31.1 Å². The van der Waals surface area contributed by atoms with Gasteiger partial charge >= 0.3 is 5.97 Å². The maximum absolute atomic E-state index is 13.2. The molecule has 0 amide bonds. The van der Waals surface area contributed by atoms with Crippen LogP contribution in [-0.4, -0.2) is 49.8 Å². The van der Waals surface area contributed by atoms with Gasteiger partial charge in [0.2, 0.25) is 10.0 Å². The van der Waals surface area contributed by atoms with Crippen molar-refractivity contribution in [3.8, 4) is 0 Å². The third-order valence-corrected chi connectivity index (χ3v) is 7.48. The van der Waals surface area contributed by atoms with E-state index in [1.54, 1.807) is 0 Å². The van der Waals surface area contributed by atoms with Crippen molar-refractivity contribution >= 4 is 27.4 Å². The van der Waals surface area contributed by atoms with Crippen LogP contribution >= 0.6 is 0 Å². The molecule has 1 saturated heterocycles. The number of rotatable bonds is 7. The van der Waals surface area contributed by atoms with Gasteiger partial charge in [-0.25, -0.2) is 13.2 Å². The summed E-state index contributed by atoms with van der Waals surface area (Å²) in [5.74, 6) is -0.677. The fourth-order valence-electron chi connectivity index (χ4n) is 3.70. The quantitative estimate of drug-likeness (QED) is 0.289. The van der Waals surface area contributed by atoms with Crippen molar-refractivity contribution in [3.63, 3.8) is 0 Å². The van der Waals surface area contributed by atoms with Crippen molar-refractivity contribution in [3.05, 3.63) is 100 Å². The van der Waals surface area contributed by atoms with Crippen LogP contribution in [-0.2, 0) is 21.4 Å². The number of benzene rings is 3. The number of hydrogen-bond acceptors (Lipinski definition) is 7. The van der Waals surface area contributed by atoms with Crippen molar-refractivity contribution in [2.45, 2.75) is 11.5 Å². The number of nitro groups is 1. The summed E-state index contributed by atoms with van der Waals surface area (Å²) in [5, 5.41) is 10.7. The smallest absolute Gasteiger partial charge is 0.338 e. The fourth-order valence-corrected chi connectivity index (χ4v) is 5.17. The third-order valence-electron chi connectivity index (χ3n) is 5.58. The van der Waals surface area contributed by atoms with E-state index in [9.17, 15) is 23.3 Å². The number of nitrogens with zero attached hydrogens (tertiary/aromatic N) is 3. The molecule has 0 N–H and O–H groups in total. The maximum atomic E-state index is 13.2. The molecule has 10 heteroatoms. The number of piperazine rings is 1. The van der Waals surface area contributed by atoms with Gasteiger partial charge in [0.25, 0.3) is 5.69 Å². The molecule has 34 heavy (non-hydrogen) atoms. The second-order valence-electron chi connectivity index (χ2n) is 7.75. The molecule has 0 radical (unpaired) electrons. The summed E-state index contributed by atoms with van der Waals surface area (Å²) in [6.07, 6.45) is 0. The van der Waals surface area contributed by atoms with Crippen LogP contribution in [0.4, 0.5) is 11.4 Å². The van der Waals surface area contributed by atoms with E-state index in [2.05, 4.69) is 4.90 Å². The molecule has 0 atom stereocenters. The third kappa shape index (κ3) is 5.24. The second kappa shape index (κ2) is 10.0. The molecule has 4 rings (SSSR count). The van der Waals surface area contributed by atoms with Gasteiger partial charge < -0.3 is 9.64 Å². The van der Waals surface area contributed by atoms with E-state index in [1.165, 1.54) is 52.8 Å². The minimum absolute atomic E-state index is 0.0328. The van der Waals surface area contributed by atoms with E-state index in [4.69, 9.17) is 4.74 Å². The number of esters is 1. The molecule has 9 nitrogen and oxygen atoms in total. The number of anilines is 1. The molecular weight excluding hydrogens is 458 g/mol. The lowest BCUT2D eigenvalue weighted by Crippen LogP contribution is -2.48. The van der Waals surface area contributed by atoms with Gasteiger partial charge in [0.1, 0.15) is 6.61 Å². The molecule has 0 aliphatic carbocycles. The highest BCUT2D eigenvalue weighted by Crippen LogP contribution is 2.22. The molecule has 1 aliphatic rings. The monoisotopic (exact) mass is 481 g/mol. The minimum Gasteiger partial charge on any atom is -0.457 e. The van der Waals surface area contributed by atoms with Gasteiger partial charge in [-0.05, 0) is 48.0 Å². The van der Waals surface area contributed by atoms with E-state index < -0.39 is 20.9 Å². The summed E-state index contributed by atoms with van der Waals surface area (Å²) < 4.78 is 33.0. The summed E-state index contributed by atoms with van der Waals surface area (Å²) in [4.78, 5) is 24.9. The molecule has 3 aromatic carbocycles. The Morgan fingerprint density at radius 3 is 2.24 bits per heavy atom. The molecule has 3 aromatic rings. The zero-order valence-electron chi connectivity index (χ0n) is 18.2. The lowest BCUT2D eigenvalue weighted by Gasteiger charge is -2.35. The molecule has 0 aromatic heterocycles. The molecule has 0 spiro atoms. The Bertz CT molecular complexity index is 1270. The molecule has 176 valence electrons. The van der Waals surface area contributed by atoms with Crippen LogP contribution in [0.1, 0.15) is 15.9 Å². The average molecular weight is 482 g/mol. The molecular formula is C24H23N3O6S. The number of nitro benzene ring substituents is 1. The van der Waals surface area contributed by atoms with Crippen LogP contribution in [0.5, 0.6) is 0 Å². The summed E-state index contributed by atoms with van der Waals surface area (Å²) in [6.45, 7) is 1.73. The van der Waals surface area contributed by atoms with Crippen LogP contribution in [0, 0.1) is 10.1 Å². The number of non-ortho nitro benzene ring substituents is 1. The highest BCUT2D eigenvalue weighted by atomic mass is 32.2. The van der Waals surface area contributed by atoms with Gasteiger partial charge in [0.15, 0.2) is 0 Å². The van der Waals surface area contributed by atoms with Crippen LogP contribution in [0.25, 0.3) is 0 Å². The summed E-state index contributed by atoms with van der Waals surface area (Å²) >= 11 is 0. The first kappa shape index (κ1) is 23.4. The van der Waals surface area contributed by atoms with E-state index in [0.29, 0.717) is 31.7 Å². The van der Waals surface area contributed by atoms with Crippen LogP contribution < -0.4 is 4.90 Å². The maximum Gasteiger partial charge on any atom is 0.338 e. The SMILES string of the molecule is O=C(OCc1ccc([N+](=O)[O-])cc1)c1cccc(S(=O)(=O)N2CCN(c3ccccc3)CC2)c1. The lowest BCUT2D eigenvalue weighted by molar-refractivity contribution is -0.384. The summed E-state index contributed by atoms with van der Waals surface area (Å²) in [6, 6.07) is 21.3. The second-order valence-corrected chi connectivity index (χ2v) is 9.69. The largest absolute Gasteiger partial charge is 0.457 e. The Morgan fingerprint density at radius 2 is 1.59 bits per heavy atom. The first-order valence-corrected chi connectivity index (χ1v) is 12.1. The van der Waals surface area contributed by atoms with Crippen molar-refractivity contribution in [1.82, 2.24) is 4.31 Å². The van der Waals surface area contributed by atoms with E-state index in [0.717, 1.165) is 5.69 Å². The lowest BCUT2D eigenvalue weighted by atomic mass is 10.2. The number of para-hydroxylation sites is 1. The number of ether oxygens (including phenoxy) is 1. The minimum atomic E-state index is -3.77. The van der Waals surface area contributed by atoms with E-state index in [-0.39, 0.29) is 22.8 Å². The molecule has 1 aliphatic heterocycles. The first-order valence-electron chi connectivity index (χ1n) is 10.7. The van der Waals surface area contributed by atoms with Crippen molar-refractivity contribution in [2.24, 2.45) is 0 Å². The molecule has 1 fully saturated rings. The topological polar surface area (TPSA) is 110 Å². The first-order chi connectivity index (χ1) is 16.3. The van der Waals surface area contributed by atoms with Gasteiger partial charge in [0.05, 0.1) is 15.4 Å². The number of sulfonamides is 1. The summed E-state index contributed by atoms with van der Waals surface area (Å²) in [5.41, 5.74) is 1.69. The Kier molecular flexibility index (Phi) is 6.90. The Labute approximate surface area is 197 Å². The highest BCUT2D eigenvalue weighted by Gasteiger charge is 2.29. The average Bonchev–Trinajstić information content (AvgIpc) is 2.88. The van der Waals surface area contributed by atoms with E-state index >= 15 is 0 Å². The molecule has 0 bridgehead atoms. The fraction of sp³-hybridized carbons (Fsp3) is 0.208. The van der Waals surface area contributed by atoms with Gasteiger partial charge in [-0.3, -0.25) is 10.1 Å². The van der Waals surface area contributed by atoms with Crippen molar-refractivity contribution < 1.29 is 22.9 Å². The molecule has 1 heterocycles. The van der Waals surface area contributed by atoms with Crippen LogP contribution in [0.2, 0.25) is 0 Å². The highest BCUT2D eigenvalue weighted by molar-refractivity contribution is 7.89. The Morgan fingerprint density at radius 1 is 0.912 bits per heavy atom. The van der Waals surface area contributed by atoms with Gasteiger partial charge in [-0.15, -0.1) is 0 Å². The number of hydrogen-bond donors (Lipinski definition) is 0. The zero-order chi connectivity index (χ0) is 24.1. The van der Waals surface area contributed by atoms with Crippen molar-refractivity contribution in [1.29, 1.82) is 0 Å². The van der Waals surface area contributed by atoms with Crippen LogP contribution in [0.3, 0.4) is 0 Å². The molecule has 0 unspecified atom stereocenters. The predicted octanol–water partition coefficient (Wildman–Crippen LogP) is 3.46. The van der Waals surface area contributed by atoms with Gasteiger partial charge in [-0.1, -0.05) is 24.3 Å². The number of carbonyl (C=O) groups is 1. The normalized spacial score (nSPS) is 14.5. The summed E-state index contributed by atoms with van der Waals surface area (Å²) in [7, 11) is -3.77. The Hall–Kier alpha value is -3.76. The Balaban J connectivity index is 1.40. The van der Waals surface area contributed by atoms with Gasteiger partial charge in [-0.2, -0.15) is 4.31 Å². The number of carbonyl (C=O) groups excluding carboxylic acids is 1. The van der Waals surface area contributed by atoms with E-state index in [1.807, 2.05) is 30.3 Å². The predicted molar refractivity (Wildman–Crippen MR) is 126 cm³/mol. The van der Waals surface area contributed by atoms with Gasteiger partial charge in [0, 0.05) is 44.0 Å². The van der Waals surface area contributed by atoms with Crippen LogP contribution in [0.15, 0.2) is 83.8 Å². The molecule has 0 saturated carbocycles.